The minimum absolute atomic E-state index is 0.0229. The molecule has 176 valence electrons. The van der Waals surface area contributed by atoms with Crippen LogP contribution in [0.5, 0.6) is 11.5 Å². The molecule has 1 heterocycles. The molecule has 7 heteroatoms. The number of piperidine rings is 1. The van der Waals surface area contributed by atoms with E-state index in [9.17, 15) is 9.59 Å². The molecule has 0 spiro atoms. The first-order valence-corrected chi connectivity index (χ1v) is 11.3. The maximum atomic E-state index is 13.5. The summed E-state index contributed by atoms with van der Waals surface area (Å²) in [5.74, 6) is 0.895. The summed E-state index contributed by atoms with van der Waals surface area (Å²) in [6.07, 6.45) is 1.35. The number of nitrogens with one attached hydrogen (secondary N) is 1. The van der Waals surface area contributed by atoms with Gasteiger partial charge in [-0.25, -0.2) is 4.79 Å². The number of ether oxygens (including phenoxy) is 2. The molecule has 0 saturated carbocycles. The maximum absolute atomic E-state index is 13.5. The standard InChI is InChI=1S/C27H29N3O4/c1-33-23-13-14-24(25(19-23)34-2)26(31)28-20-15-17-29(18-16-20)27(32)30(21-9-5-3-6-10-21)22-11-7-4-8-12-22/h3-14,19-20H,15-18H2,1-2H3,(H,28,31). The quantitative estimate of drug-likeness (QED) is 0.572. The molecule has 3 amide bonds. The van der Waals surface area contributed by atoms with Crippen LogP contribution in [0, 0.1) is 0 Å². The predicted octanol–water partition coefficient (Wildman–Crippen LogP) is 4.86. The van der Waals surface area contributed by atoms with Gasteiger partial charge < -0.3 is 19.7 Å². The number of anilines is 2. The fourth-order valence-electron chi connectivity index (χ4n) is 4.13. The molecular formula is C27H29N3O4. The van der Waals surface area contributed by atoms with Crippen LogP contribution in [-0.4, -0.2) is 50.2 Å². The van der Waals surface area contributed by atoms with E-state index in [4.69, 9.17) is 9.47 Å². The number of para-hydroxylation sites is 2. The van der Waals surface area contributed by atoms with Crippen LogP contribution in [0.25, 0.3) is 0 Å². The second-order valence-electron chi connectivity index (χ2n) is 8.09. The summed E-state index contributed by atoms with van der Waals surface area (Å²) in [5.41, 5.74) is 2.10. The van der Waals surface area contributed by atoms with Crippen molar-refractivity contribution in [3.63, 3.8) is 0 Å². The van der Waals surface area contributed by atoms with Gasteiger partial charge in [0.25, 0.3) is 5.91 Å². The Morgan fingerprint density at radius 3 is 1.97 bits per heavy atom. The zero-order chi connectivity index (χ0) is 23.9. The summed E-state index contributed by atoms with van der Waals surface area (Å²) in [5, 5.41) is 3.09. The highest BCUT2D eigenvalue weighted by Crippen LogP contribution is 2.28. The average Bonchev–Trinajstić information content (AvgIpc) is 2.90. The molecule has 0 atom stereocenters. The van der Waals surface area contributed by atoms with Crippen molar-refractivity contribution in [2.24, 2.45) is 0 Å². The van der Waals surface area contributed by atoms with Crippen molar-refractivity contribution in [2.45, 2.75) is 18.9 Å². The summed E-state index contributed by atoms with van der Waals surface area (Å²) < 4.78 is 10.6. The fourth-order valence-corrected chi connectivity index (χ4v) is 4.13. The average molecular weight is 460 g/mol. The van der Waals surface area contributed by atoms with Crippen molar-refractivity contribution in [1.82, 2.24) is 10.2 Å². The molecule has 3 aromatic carbocycles. The number of carbonyl (C=O) groups excluding carboxylic acids is 2. The lowest BCUT2D eigenvalue weighted by molar-refractivity contribution is 0.0915. The third kappa shape index (κ3) is 5.14. The zero-order valence-electron chi connectivity index (χ0n) is 19.4. The number of methoxy groups -OCH3 is 2. The monoisotopic (exact) mass is 459 g/mol. The van der Waals surface area contributed by atoms with E-state index in [1.54, 1.807) is 30.2 Å². The maximum Gasteiger partial charge on any atom is 0.329 e. The fraction of sp³-hybridized carbons (Fsp3) is 0.259. The molecule has 0 aromatic heterocycles. The van der Waals surface area contributed by atoms with Gasteiger partial charge in [0.15, 0.2) is 0 Å². The van der Waals surface area contributed by atoms with Gasteiger partial charge in [0.05, 0.1) is 31.2 Å². The number of rotatable bonds is 6. The SMILES string of the molecule is COc1ccc(C(=O)NC2CCN(C(=O)N(c3ccccc3)c3ccccc3)CC2)c(OC)c1. The molecule has 1 aliphatic rings. The number of nitrogens with zero attached hydrogens (tertiary/aromatic N) is 2. The molecule has 1 saturated heterocycles. The molecule has 1 fully saturated rings. The molecule has 0 unspecified atom stereocenters. The molecule has 1 aliphatic heterocycles. The van der Waals surface area contributed by atoms with Crippen molar-refractivity contribution in [3.8, 4) is 11.5 Å². The molecule has 3 aromatic rings. The molecule has 7 nitrogen and oxygen atoms in total. The van der Waals surface area contributed by atoms with E-state index in [0.717, 1.165) is 11.4 Å². The number of benzene rings is 3. The highest BCUT2D eigenvalue weighted by Gasteiger charge is 2.29. The summed E-state index contributed by atoms with van der Waals surface area (Å²) in [7, 11) is 3.10. The second kappa shape index (κ2) is 10.7. The van der Waals surface area contributed by atoms with Crippen molar-refractivity contribution >= 4 is 23.3 Å². The van der Waals surface area contributed by atoms with E-state index >= 15 is 0 Å². The number of urea groups is 1. The van der Waals surface area contributed by atoms with Gasteiger partial charge in [-0.1, -0.05) is 36.4 Å². The minimum atomic E-state index is -0.195. The highest BCUT2D eigenvalue weighted by atomic mass is 16.5. The largest absolute Gasteiger partial charge is 0.497 e. The Kier molecular flexibility index (Phi) is 7.32. The van der Waals surface area contributed by atoms with Gasteiger partial charge in [0, 0.05) is 25.2 Å². The molecular weight excluding hydrogens is 430 g/mol. The van der Waals surface area contributed by atoms with Crippen LogP contribution in [0.15, 0.2) is 78.9 Å². The number of hydrogen-bond donors (Lipinski definition) is 1. The van der Waals surface area contributed by atoms with Gasteiger partial charge >= 0.3 is 6.03 Å². The summed E-state index contributed by atoms with van der Waals surface area (Å²) in [6.45, 7) is 1.11. The Balaban J connectivity index is 1.42. The topological polar surface area (TPSA) is 71.1 Å². The van der Waals surface area contributed by atoms with E-state index in [-0.39, 0.29) is 18.0 Å². The molecule has 34 heavy (non-hydrogen) atoms. The summed E-state index contributed by atoms with van der Waals surface area (Å²) in [6, 6.07) is 24.3. The smallest absolute Gasteiger partial charge is 0.329 e. The van der Waals surface area contributed by atoms with E-state index in [1.807, 2.05) is 65.6 Å². The molecule has 0 aliphatic carbocycles. The molecule has 0 bridgehead atoms. The summed E-state index contributed by atoms with van der Waals surface area (Å²) in [4.78, 5) is 30.0. The van der Waals surface area contributed by atoms with Gasteiger partial charge in [-0.15, -0.1) is 0 Å². The first kappa shape index (κ1) is 23.2. The second-order valence-corrected chi connectivity index (χ2v) is 8.09. The Bertz CT molecular complexity index is 1070. The van der Waals surface area contributed by atoms with Crippen molar-refractivity contribution < 1.29 is 19.1 Å². The number of amides is 3. The zero-order valence-corrected chi connectivity index (χ0v) is 19.4. The third-order valence-corrected chi connectivity index (χ3v) is 5.97. The van der Waals surface area contributed by atoms with Gasteiger partial charge in [-0.3, -0.25) is 9.69 Å². The van der Waals surface area contributed by atoms with Crippen molar-refractivity contribution in [2.75, 3.05) is 32.2 Å². The molecule has 4 rings (SSSR count). The molecule has 1 N–H and O–H groups in total. The van der Waals surface area contributed by atoms with Gasteiger partial charge in [-0.2, -0.15) is 0 Å². The summed E-state index contributed by atoms with van der Waals surface area (Å²) >= 11 is 0. The van der Waals surface area contributed by atoms with Crippen LogP contribution in [0.2, 0.25) is 0 Å². The van der Waals surface area contributed by atoms with Crippen molar-refractivity contribution in [3.05, 3.63) is 84.4 Å². The first-order valence-electron chi connectivity index (χ1n) is 11.3. The highest BCUT2D eigenvalue weighted by molar-refractivity contribution is 5.99. The number of likely N-dealkylation sites (tertiary alicyclic amines) is 1. The van der Waals surface area contributed by atoms with Gasteiger partial charge in [0.2, 0.25) is 0 Å². The van der Waals surface area contributed by atoms with Gasteiger partial charge in [0.1, 0.15) is 11.5 Å². The Labute approximate surface area is 199 Å². The van der Waals surface area contributed by atoms with Crippen LogP contribution in [-0.2, 0) is 0 Å². The van der Waals surface area contributed by atoms with Crippen LogP contribution < -0.4 is 19.7 Å². The Morgan fingerprint density at radius 2 is 1.44 bits per heavy atom. The van der Waals surface area contributed by atoms with Crippen LogP contribution in [0.1, 0.15) is 23.2 Å². The van der Waals surface area contributed by atoms with Gasteiger partial charge in [-0.05, 0) is 49.2 Å². The number of hydrogen-bond acceptors (Lipinski definition) is 4. The number of carbonyl (C=O) groups is 2. The lowest BCUT2D eigenvalue weighted by Gasteiger charge is -2.36. The van der Waals surface area contributed by atoms with Crippen LogP contribution in [0.4, 0.5) is 16.2 Å². The minimum Gasteiger partial charge on any atom is -0.497 e. The normalized spacial score (nSPS) is 13.8. The van der Waals surface area contributed by atoms with E-state index in [0.29, 0.717) is 43.0 Å². The molecule has 0 radical (unpaired) electrons. The lowest BCUT2D eigenvalue weighted by atomic mass is 10.0. The van der Waals surface area contributed by atoms with E-state index < -0.39 is 0 Å². The van der Waals surface area contributed by atoms with E-state index in [1.165, 1.54) is 7.11 Å². The Hall–Kier alpha value is -4.00. The first-order chi connectivity index (χ1) is 16.6. The van der Waals surface area contributed by atoms with E-state index in [2.05, 4.69) is 5.32 Å². The van der Waals surface area contributed by atoms with Crippen LogP contribution in [0.3, 0.4) is 0 Å². The Morgan fingerprint density at radius 1 is 0.853 bits per heavy atom. The predicted molar refractivity (Wildman–Crippen MR) is 132 cm³/mol. The third-order valence-electron chi connectivity index (χ3n) is 5.97. The van der Waals surface area contributed by atoms with Crippen molar-refractivity contribution in [1.29, 1.82) is 0 Å². The lowest BCUT2D eigenvalue weighted by Crippen LogP contribution is -2.49. The van der Waals surface area contributed by atoms with Crippen LogP contribution >= 0.6 is 0 Å².